The molecule has 0 atom stereocenters. The van der Waals surface area contributed by atoms with Gasteiger partial charge in [0, 0.05) is 30.9 Å². The van der Waals surface area contributed by atoms with Crippen LogP contribution in [0.25, 0.3) is 10.8 Å². The quantitative estimate of drug-likeness (QED) is 0.661. The average Bonchev–Trinajstić information content (AvgIpc) is 2.63. The molecule has 1 fully saturated rings. The van der Waals surface area contributed by atoms with E-state index in [0.717, 1.165) is 30.8 Å². The van der Waals surface area contributed by atoms with Gasteiger partial charge in [-0.05, 0) is 17.0 Å². The molecule has 0 spiro atoms. The van der Waals surface area contributed by atoms with E-state index in [4.69, 9.17) is 21.1 Å². The van der Waals surface area contributed by atoms with Crippen molar-refractivity contribution < 1.29 is 9.47 Å². The molecule has 5 nitrogen and oxygen atoms in total. The van der Waals surface area contributed by atoms with Gasteiger partial charge in [0.15, 0.2) is 5.15 Å². The van der Waals surface area contributed by atoms with E-state index in [0.29, 0.717) is 23.6 Å². The summed E-state index contributed by atoms with van der Waals surface area (Å²) in [5.41, 5.74) is 1.32. The summed E-state index contributed by atoms with van der Waals surface area (Å²) in [4.78, 5) is 10.5. The third-order valence-corrected chi connectivity index (χ3v) is 4.85. The lowest BCUT2D eigenvalue weighted by Crippen LogP contribution is -2.48. The number of rotatable bonds is 6. The Kier molecular flexibility index (Phi) is 4.91. The molecule has 2 heterocycles. The summed E-state index contributed by atoms with van der Waals surface area (Å²) in [7, 11) is 1.71. The summed E-state index contributed by atoms with van der Waals surface area (Å²) >= 11 is 5.82. The van der Waals surface area contributed by atoms with Gasteiger partial charge < -0.3 is 9.47 Å². The maximum Gasteiger partial charge on any atom is 0.233 e. The van der Waals surface area contributed by atoms with Crippen molar-refractivity contribution in [2.24, 2.45) is 5.92 Å². The van der Waals surface area contributed by atoms with E-state index >= 15 is 0 Å². The highest BCUT2D eigenvalue weighted by Gasteiger charge is 2.27. The highest BCUT2D eigenvalue weighted by atomic mass is 35.5. The summed E-state index contributed by atoms with van der Waals surface area (Å²) < 4.78 is 11.2. The minimum atomic E-state index is 0.351. The van der Waals surface area contributed by atoms with Crippen LogP contribution in [0.3, 0.4) is 0 Å². The van der Waals surface area contributed by atoms with Gasteiger partial charge in [0.25, 0.3) is 0 Å². The third-order valence-electron chi connectivity index (χ3n) is 4.67. The Morgan fingerprint density at radius 1 is 1.12 bits per heavy atom. The van der Waals surface area contributed by atoms with Crippen LogP contribution >= 0.6 is 11.6 Å². The van der Waals surface area contributed by atoms with Crippen LogP contribution in [0.4, 0.5) is 0 Å². The van der Waals surface area contributed by atoms with E-state index in [2.05, 4.69) is 45.2 Å². The Morgan fingerprint density at radius 2 is 1.92 bits per heavy atom. The molecule has 1 saturated heterocycles. The maximum absolute atomic E-state index is 5.82. The molecule has 1 aromatic heterocycles. The first kappa shape index (κ1) is 17.1. The fraction of sp³-hybridized carbons (Fsp3) is 0.300. The average molecular weight is 370 g/mol. The third kappa shape index (κ3) is 3.59. The number of halogens is 1. The molecule has 1 aliphatic rings. The van der Waals surface area contributed by atoms with E-state index in [1.54, 1.807) is 13.3 Å². The first-order valence-corrected chi connectivity index (χ1v) is 8.98. The monoisotopic (exact) mass is 369 g/mol. The zero-order valence-electron chi connectivity index (χ0n) is 14.6. The highest BCUT2D eigenvalue weighted by Crippen LogP contribution is 2.30. The molecule has 0 amide bonds. The lowest BCUT2D eigenvalue weighted by atomic mass is 9.98. The van der Waals surface area contributed by atoms with Crippen LogP contribution in [0, 0.1) is 5.92 Å². The van der Waals surface area contributed by atoms with Gasteiger partial charge in [-0.2, -0.15) is 4.98 Å². The molecule has 2 aromatic carbocycles. The van der Waals surface area contributed by atoms with Crippen molar-refractivity contribution in [2.45, 2.75) is 6.54 Å². The second kappa shape index (κ2) is 7.48. The molecule has 0 saturated carbocycles. The smallest absolute Gasteiger partial charge is 0.233 e. The largest absolute Gasteiger partial charge is 0.496 e. The molecular weight excluding hydrogens is 350 g/mol. The Morgan fingerprint density at radius 3 is 2.69 bits per heavy atom. The summed E-state index contributed by atoms with van der Waals surface area (Å²) in [5.74, 6) is 1.90. The minimum Gasteiger partial charge on any atom is -0.496 e. The van der Waals surface area contributed by atoms with Crippen LogP contribution in [-0.4, -0.2) is 41.7 Å². The molecular formula is C20H20ClN3O2. The van der Waals surface area contributed by atoms with Crippen molar-refractivity contribution in [2.75, 3.05) is 26.8 Å². The number of hydrogen-bond donors (Lipinski definition) is 0. The van der Waals surface area contributed by atoms with Crippen molar-refractivity contribution in [1.29, 1.82) is 0 Å². The molecule has 3 aromatic rings. The number of nitrogens with zero attached hydrogens (tertiary/aromatic N) is 3. The second-order valence-electron chi connectivity index (χ2n) is 6.52. The SMILES string of the molecule is COc1ccc(CN2CC(COc3cncc(Cl)n3)C2)c2ccccc12. The van der Waals surface area contributed by atoms with E-state index < -0.39 is 0 Å². The Bertz CT molecular complexity index is 912. The lowest BCUT2D eigenvalue weighted by Gasteiger charge is -2.39. The van der Waals surface area contributed by atoms with Crippen LogP contribution < -0.4 is 9.47 Å². The van der Waals surface area contributed by atoms with E-state index in [1.165, 1.54) is 17.1 Å². The first-order chi connectivity index (χ1) is 12.7. The molecule has 1 aliphatic heterocycles. The molecule has 0 unspecified atom stereocenters. The zero-order chi connectivity index (χ0) is 17.9. The lowest BCUT2D eigenvalue weighted by molar-refractivity contribution is 0.0546. The van der Waals surface area contributed by atoms with Crippen LogP contribution in [0.1, 0.15) is 5.56 Å². The molecule has 26 heavy (non-hydrogen) atoms. The topological polar surface area (TPSA) is 47.5 Å². The Balaban J connectivity index is 1.35. The van der Waals surface area contributed by atoms with Crippen molar-refractivity contribution in [3.8, 4) is 11.6 Å². The summed E-state index contributed by atoms with van der Waals surface area (Å²) in [6, 6.07) is 12.6. The number of benzene rings is 2. The Labute approximate surface area is 157 Å². The van der Waals surface area contributed by atoms with Crippen molar-refractivity contribution in [1.82, 2.24) is 14.9 Å². The predicted molar refractivity (Wildman–Crippen MR) is 102 cm³/mol. The van der Waals surface area contributed by atoms with Gasteiger partial charge in [-0.1, -0.05) is 41.9 Å². The van der Waals surface area contributed by atoms with Gasteiger partial charge in [0.2, 0.25) is 5.88 Å². The molecule has 0 N–H and O–H groups in total. The van der Waals surface area contributed by atoms with Gasteiger partial charge in [-0.15, -0.1) is 0 Å². The van der Waals surface area contributed by atoms with Crippen LogP contribution in [-0.2, 0) is 6.54 Å². The molecule has 0 bridgehead atoms. The van der Waals surface area contributed by atoms with Crippen LogP contribution in [0.2, 0.25) is 5.15 Å². The number of methoxy groups -OCH3 is 1. The van der Waals surface area contributed by atoms with Crippen molar-refractivity contribution in [3.63, 3.8) is 0 Å². The first-order valence-electron chi connectivity index (χ1n) is 8.60. The standard InChI is InChI=1S/C20H20ClN3O2/c1-25-18-7-6-15(16-4-2-3-5-17(16)18)12-24-10-14(11-24)13-26-20-9-22-8-19(21)23-20/h2-9,14H,10-13H2,1H3. The van der Waals surface area contributed by atoms with Gasteiger partial charge in [-0.25, -0.2) is 0 Å². The molecule has 4 rings (SSSR count). The van der Waals surface area contributed by atoms with Crippen LogP contribution in [0.15, 0.2) is 48.8 Å². The van der Waals surface area contributed by atoms with Gasteiger partial charge in [0.1, 0.15) is 5.75 Å². The minimum absolute atomic E-state index is 0.351. The fourth-order valence-electron chi connectivity index (χ4n) is 3.40. The number of fused-ring (bicyclic) bond motifs is 1. The van der Waals surface area contributed by atoms with Crippen LogP contribution in [0.5, 0.6) is 11.6 Å². The number of hydrogen-bond acceptors (Lipinski definition) is 5. The maximum atomic E-state index is 5.82. The molecule has 134 valence electrons. The van der Waals surface area contributed by atoms with Crippen molar-refractivity contribution in [3.05, 3.63) is 59.5 Å². The van der Waals surface area contributed by atoms with E-state index in [1.807, 2.05) is 6.07 Å². The zero-order valence-corrected chi connectivity index (χ0v) is 15.3. The fourth-order valence-corrected chi connectivity index (χ4v) is 3.54. The molecule has 0 aliphatic carbocycles. The number of aromatic nitrogens is 2. The second-order valence-corrected chi connectivity index (χ2v) is 6.91. The molecule has 0 radical (unpaired) electrons. The van der Waals surface area contributed by atoms with E-state index in [-0.39, 0.29) is 0 Å². The highest BCUT2D eigenvalue weighted by molar-refractivity contribution is 6.29. The van der Waals surface area contributed by atoms with Gasteiger partial charge in [-0.3, -0.25) is 9.88 Å². The van der Waals surface area contributed by atoms with Crippen molar-refractivity contribution >= 4 is 22.4 Å². The normalized spacial score (nSPS) is 15.0. The number of likely N-dealkylation sites (tertiary alicyclic amines) is 1. The number of ether oxygens (including phenoxy) is 2. The summed E-state index contributed by atoms with van der Waals surface area (Å²) in [5, 5.41) is 2.76. The van der Waals surface area contributed by atoms with Gasteiger partial charge in [0.05, 0.1) is 26.1 Å². The van der Waals surface area contributed by atoms with E-state index in [9.17, 15) is 0 Å². The Hall–Kier alpha value is -2.37. The van der Waals surface area contributed by atoms with Gasteiger partial charge >= 0.3 is 0 Å². The summed E-state index contributed by atoms with van der Waals surface area (Å²) in [6.07, 6.45) is 3.09. The summed E-state index contributed by atoms with van der Waals surface area (Å²) in [6.45, 7) is 3.58. The predicted octanol–water partition coefficient (Wildman–Crippen LogP) is 3.80. The molecule has 6 heteroatoms.